The lowest BCUT2D eigenvalue weighted by Gasteiger charge is -1.87. The summed E-state index contributed by atoms with van der Waals surface area (Å²) in [7, 11) is -0.655. The van der Waals surface area contributed by atoms with Gasteiger partial charge in [0.2, 0.25) is 5.91 Å². The molecule has 0 rings (SSSR count). The Labute approximate surface area is 53.0 Å². The third-order valence-corrected chi connectivity index (χ3v) is 2.00. The molecule has 0 saturated heterocycles. The highest BCUT2D eigenvalue weighted by molar-refractivity contribution is 8.68. The zero-order chi connectivity index (χ0) is 6.57. The standard InChI is InChI=1S/C2H6N2O2S2/c3-2(5)1-7-8(4)6/h1,4H2,(H2,3,5). The van der Waals surface area contributed by atoms with E-state index < -0.39 is 15.9 Å². The van der Waals surface area contributed by atoms with Gasteiger partial charge in [-0.15, -0.1) is 0 Å². The number of amides is 1. The van der Waals surface area contributed by atoms with Crippen molar-refractivity contribution < 1.29 is 9.00 Å². The topological polar surface area (TPSA) is 86.2 Å². The number of primary amides is 1. The smallest absolute Gasteiger partial charge is 0.228 e. The fourth-order valence-corrected chi connectivity index (χ4v) is 1.05. The van der Waals surface area contributed by atoms with E-state index >= 15 is 0 Å². The third-order valence-electron chi connectivity index (χ3n) is 0.317. The van der Waals surface area contributed by atoms with Crippen LogP contribution in [0.5, 0.6) is 0 Å². The van der Waals surface area contributed by atoms with Gasteiger partial charge >= 0.3 is 0 Å². The van der Waals surface area contributed by atoms with Crippen LogP contribution >= 0.6 is 10.8 Å². The molecule has 1 atom stereocenters. The van der Waals surface area contributed by atoms with Gasteiger partial charge in [0.25, 0.3) is 0 Å². The Kier molecular flexibility index (Phi) is 3.84. The first-order valence-corrected chi connectivity index (χ1v) is 4.42. The van der Waals surface area contributed by atoms with E-state index in [1.807, 2.05) is 0 Å². The van der Waals surface area contributed by atoms with E-state index in [2.05, 4.69) is 0 Å². The maximum Gasteiger partial charge on any atom is 0.228 e. The minimum Gasteiger partial charge on any atom is -0.369 e. The van der Waals surface area contributed by atoms with Crippen molar-refractivity contribution in [3.63, 3.8) is 0 Å². The molecule has 0 bridgehead atoms. The fraction of sp³-hybridized carbons (Fsp3) is 0.500. The fourth-order valence-electron chi connectivity index (χ4n) is 0.116. The Morgan fingerprint density at radius 2 is 2.25 bits per heavy atom. The number of carbonyl (C=O) groups excluding carboxylic acids is 1. The average molecular weight is 154 g/mol. The van der Waals surface area contributed by atoms with Crippen molar-refractivity contribution >= 4 is 26.7 Å². The highest BCUT2D eigenvalue weighted by atomic mass is 33.1. The zero-order valence-electron chi connectivity index (χ0n) is 3.99. The lowest BCUT2D eigenvalue weighted by molar-refractivity contribution is -0.115. The molecule has 0 aliphatic heterocycles. The first kappa shape index (κ1) is 7.93. The lowest BCUT2D eigenvalue weighted by atomic mass is 10.8. The second kappa shape index (κ2) is 3.88. The maximum atomic E-state index is 9.99. The van der Waals surface area contributed by atoms with Crippen LogP contribution in [-0.2, 0) is 14.8 Å². The molecule has 0 aromatic carbocycles. The van der Waals surface area contributed by atoms with E-state index in [-0.39, 0.29) is 5.75 Å². The SMILES string of the molecule is NC(=O)CSS(N)=O. The summed E-state index contributed by atoms with van der Waals surface area (Å²) in [6.45, 7) is 0. The highest BCUT2D eigenvalue weighted by Crippen LogP contribution is 1.98. The molecule has 0 aromatic rings. The van der Waals surface area contributed by atoms with Crippen LogP contribution in [0.4, 0.5) is 0 Å². The van der Waals surface area contributed by atoms with Crippen LogP contribution in [0.15, 0.2) is 0 Å². The van der Waals surface area contributed by atoms with E-state index in [0.717, 1.165) is 10.8 Å². The molecule has 1 amide bonds. The largest absolute Gasteiger partial charge is 0.369 e. The molecule has 0 fully saturated rings. The zero-order valence-corrected chi connectivity index (χ0v) is 5.63. The summed E-state index contributed by atoms with van der Waals surface area (Å²) in [4.78, 5) is 9.92. The second-order valence-electron chi connectivity index (χ2n) is 0.989. The number of carbonyl (C=O) groups is 1. The Balaban J connectivity index is 3.18. The van der Waals surface area contributed by atoms with Gasteiger partial charge in [-0.3, -0.25) is 4.79 Å². The molecule has 0 saturated carbocycles. The van der Waals surface area contributed by atoms with E-state index in [9.17, 15) is 9.00 Å². The van der Waals surface area contributed by atoms with Crippen molar-refractivity contribution in [3.8, 4) is 0 Å². The van der Waals surface area contributed by atoms with Gasteiger partial charge in [-0.05, 0) is 10.8 Å². The van der Waals surface area contributed by atoms with E-state index in [4.69, 9.17) is 10.9 Å². The second-order valence-corrected chi connectivity index (χ2v) is 3.73. The molecule has 4 nitrogen and oxygen atoms in total. The van der Waals surface area contributed by atoms with E-state index in [1.165, 1.54) is 0 Å². The quantitative estimate of drug-likeness (QED) is 0.497. The molecular weight excluding hydrogens is 148 g/mol. The van der Waals surface area contributed by atoms with Crippen LogP contribution in [-0.4, -0.2) is 15.9 Å². The Morgan fingerprint density at radius 3 is 2.38 bits per heavy atom. The molecule has 0 heterocycles. The first-order chi connectivity index (χ1) is 3.63. The van der Waals surface area contributed by atoms with Gasteiger partial charge in [-0.1, -0.05) is 0 Å². The monoisotopic (exact) mass is 154 g/mol. The van der Waals surface area contributed by atoms with Crippen LogP contribution in [0.25, 0.3) is 0 Å². The molecule has 0 radical (unpaired) electrons. The van der Waals surface area contributed by atoms with Crippen molar-refractivity contribution in [3.05, 3.63) is 0 Å². The number of hydrogen-bond acceptors (Lipinski definition) is 3. The molecular formula is C2H6N2O2S2. The third kappa shape index (κ3) is 5.93. The number of hydrogen-bond donors (Lipinski definition) is 2. The van der Waals surface area contributed by atoms with Crippen molar-refractivity contribution in [1.29, 1.82) is 0 Å². The van der Waals surface area contributed by atoms with Crippen molar-refractivity contribution in [2.45, 2.75) is 0 Å². The summed E-state index contributed by atoms with van der Waals surface area (Å²) in [5.74, 6) is -0.489. The number of rotatable bonds is 3. The Bertz CT molecular complexity index is 101. The van der Waals surface area contributed by atoms with Crippen molar-refractivity contribution in [1.82, 2.24) is 0 Å². The molecule has 0 spiro atoms. The van der Waals surface area contributed by atoms with Crippen LogP contribution in [0.2, 0.25) is 0 Å². The number of nitrogens with two attached hydrogens (primary N) is 2. The lowest BCUT2D eigenvalue weighted by Crippen LogP contribution is -2.14. The van der Waals surface area contributed by atoms with Gasteiger partial charge in [-0.2, -0.15) is 0 Å². The Hall–Kier alpha value is -0.0700. The molecule has 1 unspecified atom stereocenters. The molecule has 0 aliphatic rings. The highest BCUT2D eigenvalue weighted by Gasteiger charge is 1.95. The van der Waals surface area contributed by atoms with Crippen LogP contribution in [0.3, 0.4) is 0 Å². The molecule has 0 aromatic heterocycles. The van der Waals surface area contributed by atoms with Gasteiger partial charge < -0.3 is 5.73 Å². The van der Waals surface area contributed by atoms with Gasteiger partial charge in [0.1, 0.15) is 0 Å². The van der Waals surface area contributed by atoms with Crippen LogP contribution < -0.4 is 10.9 Å². The summed E-state index contributed by atoms with van der Waals surface area (Å²) in [6, 6.07) is 0. The predicted molar refractivity (Wildman–Crippen MR) is 34.0 cm³/mol. The summed E-state index contributed by atoms with van der Waals surface area (Å²) in [6.07, 6.45) is 0. The minimum absolute atomic E-state index is 0.0170. The predicted octanol–water partition coefficient (Wildman–Crippen LogP) is -1.26. The molecule has 48 valence electrons. The van der Waals surface area contributed by atoms with E-state index in [1.54, 1.807) is 0 Å². The Morgan fingerprint density at radius 1 is 1.75 bits per heavy atom. The molecule has 6 heteroatoms. The molecule has 4 N–H and O–H groups in total. The van der Waals surface area contributed by atoms with Gasteiger partial charge in [0, 0.05) is 0 Å². The van der Waals surface area contributed by atoms with E-state index in [0.29, 0.717) is 0 Å². The van der Waals surface area contributed by atoms with Crippen LogP contribution in [0.1, 0.15) is 0 Å². The van der Waals surface area contributed by atoms with Gasteiger partial charge in [0.05, 0.1) is 5.75 Å². The maximum absolute atomic E-state index is 9.99. The molecule has 0 aliphatic carbocycles. The summed E-state index contributed by atoms with van der Waals surface area (Å²) < 4.78 is 9.99. The first-order valence-electron chi connectivity index (χ1n) is 1.70. The van der Waals surface area contributed by atoms with Crippen LogP contribution in [0, 0.1) is 0 Å². The van der Waals surface area contributed by atoms with Crippen molar-refractivity contribution in [2.24, 2.45) is 10.9 Å². The summed E-state index contributed by atoms with van der Waals surface area (Å²) in [5.41, 5.74) is 4.69. The van der Waals surface area contributed by atoms with Gasteiger partial charge in [-0.25, -0.2) is 9.35 Å². The van der Waals surface area contributed by atoms with Gasteiger partial charge in [0.15, 0.2) is 10.0 Å². The van der Waals surface area contributed by atoms with Crippen molar-refractivity contribution in [2.75, 3.05) is 5.75 Å². The summed E-state index contributed by atoms with van der Waals surface area (Å²) >= 11 is 0. The minimum atomic E-state index is -1.47. The normalized spacial score (nSPS) is 13.1. The summed E-state index contributed by atoms with van der Waals surface area (Å²) in [5, 5.41) is 4.77. The average Bonchev–Trinajstić information content (AvgIpc) is 1.61. The molecule has 8 heavy (non-hydrogen) atoms.